The molecule has 10 heteroatoms. The highest BCUT2D eigenvalue weighted by atomic mass is 32.2. The normalized spacial score (nSPS) is 11.1. The molecule has 0 fully saturated rings. The van der Waals surface area contributed by atoms with Gasteiger partial charge in [-0.15, -0.1) is 0 Å². The Morgan fingerprint density at radius 1 is 1.03 bits per heavy atom. The summed E-state index contributed by atoms with van der Waals surface area (Å²) in [4.78, 5) is 16.3. The van der Waals surface area contributed by atoms with E-state index in [2.05, 4.69) is 11.1 Å². The van der Waals surface area contributed by atoms with Gasteiger partial charge in [0, 0.05) is 5.56 Å². The lowest BCUT2D eigenvalue weighted by molar-refractivity contribution is -0.136. The summed E-state index contributed by atoms with van der Waals surface area (Å²) < 4.78 is 16.2. The molecule has 0 amide bonds. The van der Waals surface area contributed by atoms with Gasteiger partial charge in [0.05, 0.1) is 26.9 Å². The molecule has 1 heterocycles. The highest BCUT2D eigenvalue weighted by molar-refractivity contribution is 8.00. The van der Waals surface area contributed by atoms with Crippen molar-refractivity contribution in [1.82, 2.24) is 4.98 Å². The monoisotopic (exact) mass is 476 g/mol. The van der Waals surface area contributed by atoms with Crippen LogP contribution in [0.1, 0.15) is 21.9 Å². The minimum atomic E-state index is -1.11. The van der Waals surface area contributed by atoms with E-state index in [9.17, 15) is 20.4 Å². The smallest absolute Gasteiger partial charge is 0.321 e. The van der Waals surface area contributed by atoms with E-state index < -0.39 is 11.2 Å². The number of benzene rings is 2. The standard InChI is InChI=1S/C24H20N4O5S/c1-31-17-9-14(10-18(32-2)20(17)33-3)19-15(11-25)22(27)28-23(16(19)12-26)34-21(24(29)30)13-7-5-4-6-8-13/h4-10,21H,1-3H3,(H2,27,28)(H,29,30). The van der Waals surface area contributed by atoms with Crippen molar-refractivity contribution in [3.8, 4) is 40.5 Å². The molecule has 0 aliphatic rings. The van der Waals surface area contributed by atoms with Crippen LogP contribution in [0.4, 0.5) is 5.82 Å². The molecule has 0 radical (unpaired) electrons. The van der Waals surface area contributed by atoms with Gasteiger partial charge in [-0.1, -0.05) is 42.1 Å². The van der Waals surface area contributed by atoms with Crippen molar-refractivity contribution < 1.29 is 24.1 Å². The Bertz CT molecular complexity index is 1290. The summed E-state index contributed by atoms with van der Waals surface area (Å²) in [6, 6.07) is 15.8. The number of anilines is 1. The number of hydrogen-bond acceptors (Lipinski definition) is 9. The Hall–Kier alpha value is -4.41. The number of carbonyl (C=O) groups is 1. The number of carboxylic acid groups (broad SMARTS) is 1. The van der Waals surface area contributed by atoms with E-state index in [-0.39, 0.29) is 27.5 Å². The van der Waals surface area contributed by atoms with E-state index in [1.165, 1.54) is 21.3 Å². The predicted molar refractivity (Wildman–Crippen MR) is 126 cm³/mol. The van der Waals surface area contributed by atoms with Crippen molar-refractivity contribution in [2.24, 2.45) is 0 Å². The summed E-state index contributed by atoms with van der Waals surface area (Å²) in [5, 5.41) is 28.7. The SMILES string of the molecule is COc1cc(-c2c(C#N)c(N)nc(SC(C(=O)O)c3ccccc3)c2C#N)cc(OC)c1OC. The zero-order chi connectivity index (χ0) is 24.8. The van der Waals surface area contributed by atoms with Crippen molar-refractivity contribution in [3.05, 3.63) is 59.2 Å². The van der Waals surface area contributed by atoms with Gasteiger partial charge >= 0.3 is 5.97 Å². The lowest BCUT2D eigenvalue weighted by Crippen LogP contribution is -2.10. The molecule has 0 saturated carbocycles. The molecule has 1 unspecified atom stereocenters. The highest BCUT2D eigenvalue weighted by Gasteiger charge is 2.28. The average Bonchev–Trinajstić information content (AvgIpc) is 2.86. The highest BCUT2D eigenvalue weighted by Crippen LogP contribution is 2.45. The van der Waals surface area contributed by atoms with Crippen molar-refractivity contribution in [3.63, 3.8) is 0 Å². The first-order chi connectivity index (χ1) is 16.4. The van der Waals surface area contributed by atoms with Crippen LogP contribution in [-0.4, -0.2) is 37.4 Å². The number of carboxylic acids is 1. The van der Waals surface area contributed by atoms with E-state index in [0.717, 1.165) is 11.8 Å². The summed E-state index contributed by atoms with van der Waals surface area (Å²) in [6.07, 6.45) is 0. The maximum absolute atomic E-state index is 12.0. The number of aromatic nitrogens is 1. The number of pyridine rings is 1. The molecule has 0 spiro atoms. The van der Waals surface area contributed by atoms with Crippen molar-refractivity contribution in [2.45, 2.75) is 10.3 Å². The number of thioether (sulfide) groups is 1. The largest absolute Gasteiger partial charge is 0.493 e. The van der Waals surface area contributed by atoms with Crippen LogP contribution in [0.2, 0.25) is 0 Å². The van der Waals surface area contributed by atoms with E-state index in [4.69, 9.17) is 19.9 Å². The molecular formula is C24H20N4O5S. The predicted octanol–water partition coefficient (Wildman–Crippen LogP) is 4.02. The molecular weight excluding hydrogens is 456 g/mol. The van der Waals surface area contributed by atoms with Gasteiger partial charge in [-0.25, -0.2) is 4.98 Å². The second kappa shape index (κ2) is 10.5. The quantitative estimate of drug-likeness (QED) is 0.456. The Balaban J connectivity index is 2.29. The first-order valence-electron chi connectivity index (χ1n) is 9.78. The van der Waals surface area contributed by atoms with Gasteiger partial charge in [0.2, 0.25) is 5.75 Å². The van der Waals surface area contributed by atoms with Gasteiger partial charge in [0.1, 0.15) is 33.8 Å². The van der Waals surface area contributed by atoms with E-state index >= 15 is 0 Å². The van der Waals surface area contributed by atoms with Crippen molar-refractivity contribution in [2.75, 3.05) is 27.1 Å². The number of nitrogens with zero attached hydrogens (tertiary/aromatic N) is 3. The number of nitriles is 2. The van der Waals surface area contributed by atoms with Gasteiger partial charge in [-0.3, -0.25) is 4.79 Å². The number of nitrogens with two attached hydrogens (primary N) is 1. The third-order valence-electron chi connectivity index (χ3n) is 4.93. The molecule has 0 saturated heterocycles. The zero-order valence-corrected chi connectivity index (χ0v) is 19.3. The average molecular weight is 477 g/mol. The van der Waals surface area contributed by atoms with Gasteiger partial charge in [0.25, 0.3) is 0 Å². The van der Waals surface area contributed by atoms with Gasteiger partial charge < -0.3 is 25.1 Å². The molecule has 172 valence electrons. The minimum Gasteiger partial charge on any atom is -0.493 e. The number of rotatable bonds is 8. The van der Waals surface area contributed by atoms with Crippen LogP contribution in [0, 0.1) is 22.7 Å². The van der Waals surface area contributed by atoms with Crippen LogP contribution in [0.25, 0.3) is 11.1 Å². The van der Waals surface area contributed by atoms with Crippen molar-refractivity contribution >= 4 is 23.5 Å². The minimum absolute atomic E-state index is 0.00667. The molecule has 34 heavy (non-hydrogen) atoms. The Kier molecular flexibility index (Phi) is 7.46. The second-order valence-electron chi connectivity index (χ2n) is 6.81. The van der Waals surface area contributed by atoms with Crippen LogP contribution in [0.5, 0.6) is 17.2 Å². The summed E-state index contributed by atoms with van der Waals surface area (Å²) >= 11 is 0.861. The first kappa shape index (κ1) is 24.2. The molecule has 0 aliphatic heterocycles. The molecule has 9 nitrogen and oxygen atoms in total. The molecule has 3 N–H and O–H groups in total. The molecule has 1 aromatic heterocycles. The van der Waals surface area contributed by atoms with Gasteiger partial charge in [-0.2, -0.15) is 10.5 Å². The zero-order valence-electron chi connectivity index (χ0n) is 18.5. The van der Waals surface area contributed by atoms with Gasteiger partial charge in [-0.05, 0) is 23.3 Å². The van der Waals surface area contributed by atoms with Crippen molar-refractivity contribution in [1.29, 1.82) is 10.5 Å². The molecule has 2 aromatic carbocycles. The Labute approximate surface area is 200 Å². The first-order valence-corrected chi connectivity index (χ1v) is 10.7. The third-order valence-corrected chi connectivity index (χ3v) is 6.15. The summed E-state index contributed by atoms with van der Waals surface area (Å²) in [7, 11) is 4.34. The fraction of sp³-hybridized carbons (Fsp3) is 0.167. The molecule has 3 rings (SSSR count). The number of methoxy groups -OCH3 is 3. The van der Waals surface area contributed by atoms with Gasteiger partial charge in [0.15, 0.2) is 11.5 Å². The Morgan fingerprint density at radius 2 is 1.62 bits per heavy atom. The Morgan fingerprint density at radius 3 is 2.09 bits per heavy atom. The maximum Gasteiger partial charge on any atom is 0.321 e. The molecule has 3 aromatic rings. The summed E-state index contributed by atoms with van der Waals surface area (Å²) in [6.45, 7) is 0. The lowest BCUT2D eigenvalue weighted by Gasteiger charge is -2.18. The summed E-state index contributed by atoms with van der Waals surface area (Å²) in [5.74, 6) is -0.301. The second-order valence-corrected chi connectivity index (χ2v) is 7.91. The van der Waals surface area contributed by atoms with Crippen LogP contribution in [0.3, 0.4) is 0 Å². The van der Waals surface area contributed by atoms with Crippen LogP contribution >= 0.6 is 11.8 Å². The van der Waals surface area contributed by atoms with E-state index in [1.54, 1.807) is 42.5 Å². The summed E-state index contributed by atoms with van der Waals surface area (Å²) in [5.41, 5.74) is 7.17. The fourth-order valence-electron chi connectivity index (χ4n) is 3.40. The van der Waals surface area contributed by atoms with Crippen LogP contribution in [0.15, 0.2) is 47.5 Å². The third kappa shape index (κ3) is 4.53. The molecule has 1 atom stereocenters. The van der Waals surface area contributed by atoms with E-state index in [0.29, 0.717) is 28.4 Å². The number of hydrogen-bond donors (Lipinski definition) is 2. The van der Waals surface area contributed by atoms with Crippen LogP contribution in [-0.2, 0) is 4.79 Å². The molecule has 0 aliphatic carbocycles. The van der Waals surface area contributed by atoms with E-state index in [1.807, 2.05) is 6.07 Å². The lowest BCUT2D eigenvalue weighted by atomic mass is 9.96. The number of ether oxygens (including phenoxy) is 3. The number of nitrogen functional groups attached to an aromatic ring is 1. The maximum atomic E-state index is 12.0. The fourth-order valence-corrected chi connectivity index (χ4v) is 4.43. The topological polar surface area (TPSA) is 151 Å². The van der Waals surface area contributed by atoms with Crippen LogP contribution < -0.4 is 19.9 Å². The molecule has 0 bridgehead atoms. The number of aliphatic carboxylic acids is 1.